The zero-order valence-corrected chi connectivity index (χ0v) is 13.9. The van der Waals surface area contributed by atoms with E-state index in [1.165, 1.54) is 17.4 Å². The molecule has 2 aromatic rings. The van der Waals surface area contributed by atoms with Crippen molar-refractivity contribution in [2.45, 2.75) is 25.3 Å². The summed E-state index contributed by atoms with van der Waals surface area (Å²) in [5, 5.41) is 1.13. The topological polar surface area (TPSA) is 59.1 Å². The van der Waals surface area contributed by atoms with Gasteiger partial charge in [-0.1, -0.05) is 29.3 Å². The molecule has 0 spiro atoms. The first-order valence-corrected chi connectivity index (χ1v) is 8.73. The van der Waals surface area contributed by atoms with E-state index in [0.717, 1.165) is 15.6 Å². The van der Waals surface area contributed by atoms with Crippen LogP contribution in [0.4, 0.5) is 0 Å². The molecule has 108 valence electrons. The third-order valence-electron chi connectivity index (χ3n) is 2.63. The summed E-state index contributed by atoms with van der Waals surface area (Å²) in [6, 6.07) is 4.51. The fraction of sp³-hybridized carbons (Fsp3) is 0.250. The minimum atomic E-state index is -3.71. The Labute approximate surface area is 131 Å². The smallest absolute Gasteiger partial charge is 0.242 e. The van der Waals surface area contributed by atoms with Gasteiger partial charge in [0.2, 0.25) is 10.0 Å². The minimum absolute atomic E-state index is 0.0226. The number of rotatable bonds is 4. The third-order valence-corrected chi connectivity index (χ3v) is 6.08. The Morgan fingerprint density at radius 2 is 2.00 bits per heavy atom. The Balaban J connectivity index is 2.24. The average molecular weight is 351 g/mol. The van der Waals surface area contributed by atoms with Crippen molar-refractivity contribution in [3.8, 4) is 0 Å². The van der Waals surface area contributed by atoms with Crippen LogP contribution in [0, 0.1) is 13.8 Å². The molecule has 0 aliphatic rings. The summed E-state index contributed by atoms with van der Waals surface area (Å²) in [6.45, 7) is 3.91. The average Bonchev–Trinajstić information content (AvgIpc) is 2.69. The quantitative estimate of drug-likeness (QED) is 0.917. The molecule has 1 N–H and O–H groups in total. The molecule has 1 aromatic heterocycles. The van der Waals surface area contributed by atoms with Gasteiger partial charge in [-0.15, -0.1) is 11.3 Å². The molecule has 0 aliphatic carbocycles. The van der Waals surface area contributed by atoms with Crippen molar-refractivity contribution in [1.82, 2.24) is 9.71 Å². The highest BCUT2D eigenvalue weighted by molar-refractivity contribution is 7.89. The van der Waals surface area contributed by atoms with E-state index in [4.69, 9.17) is 23.2 Å². The van der Waals surface area contributed by atoms with Gasteiger partial charge < -0.3 is 0 Å². The van der Waals surface area contributed by atoms with E-state index in [9.17, 15) is 8.42 Å². The molecule has 0 atom stereocenters. The predicted octanol–water partition coefficient (Wildman–Crippen LogP) is 3.55. The highest BCUT2D eigenvalue weighted by Crippen LogP contribution is 2.29. The van der Waals surface area contributed by atoms with E-state index in [2.05, 4.69) is 9.71 Å². The molecule has 2 rings (SSSR count). The number of nitrogens with zero attached hydrogens (tertiary/aromatic N) is 1. The highest BCUT2D eigenvalue weighted by Gasteiger charge is 2.20. The maximum atomic E-state index is 12.2. The van der Waals surface area contributed by atoms with Crippen LogP contribution in [0.2, 0.25) is 10.0 Å². The minimum Gasteiger partial charge on any atom is -0.247 e. The Hall–Kier alpha value is -0.660. The predicted molar refractivity (Wildman–Crippen MR) is 82.1 cm³/mol. The fourth-order valence-electron chi connectivity index (χ4n) is 1.67. The normalized spacial score (nSPS) is 11.8. The van der Waals surface area contributed by atoms with Crippen LogP contribution in [0.25, 0.3) is 0 Å². The number of nitrogens with one attached hydrogen (secondary N) is 1. The van der Waals surface area contributed by atoms with Gasteiger partial charge in [0.25, 0.3) is 0 Å². The number of hydrogen-bond donors (Lipinski definition) is 1. The van der Waals surface area contributed by atoms with E-state index in [-0.39, 0.29) is 21.5 Å². The molecule has 4 nitrogen and oxygen atoms in total. The second-order valence-corrected chi connectivity index (χ2v) is 7.93. The zero-order chi connectivity index (χ0) is 14.9. The van der Waals surface area contributed by atoms with Crippen molar-refractivity contribution in [3.05, 3.63) is 43.8 Å². The molecule has 0 amide bonds. The fourth-order valence-corrected chi connectivity index (χ4v) is 4.39. The van der Waals surface area contributed by atoms with E-state index in [1.807, 2.05) is 13.8 Å². The second kappa shape index (κ2) is 5.99. The number of sulfonamides is 1. The Morgan fingerprint density at radius 1 is 1.30 bits per heavy atom. The lowest BCUT2D eigenvalue weighted by Crippen LogP contribution is -2.23. The van der Waals surface area contributed by atoms with Crippen molar-refractivity contribution < 1.29 is 8.42 Å². The number of aromatic nitrogens is 1. The molecule has 0 aliphatic heterocycles. The van der Waals surface area contributed by atoms with Gasteiger partial charge in [-0.3, -0.25) is 0 Å². The molecule has 0 bridgehead atoms. The molecule has 20 heavy (non-hydrogen) atoms. The first-order chi connectivity index (χ1) is 9.31. The molecule has 1 aromatic carbocycles. The van der Waals surface area contributed by atoms with Crippen LogP contribution in [0.15, 0.2) is 23.1 Å². The molecular formula is C12H12Cl2N2O2S2. The maximum Gasteiger partial charge on any atom is 0.242 e. The van der Waals surface area contributed by atoms with Gasteiger partial charge in [-0.25, -0.2) is 18.1 Å². The number of aryl methyl sites for hydroxylation is 2. The van der Waals surface area contributed by atoms with Crippen LogP contribution >= 0.6 is 34.5 Å². The van der Waals surface area contributed by atoms with E-state index in [0.29, 0.717) is 0 Å². The standard InChI is InChI=1S/C12H12Cl2N2O2S2/c1-7-10(19-8(2)16-7)6-15-20(17,18)11-5-3-4-9(13)12(11)14/h3-5,15H,6H2,1-2H3. The van der Waals surface area contributed by atoms with Gasteiger partial charge in [-0.2, -0.15) is 0 Å². The molecule has 0 unspecified atom stereocenters. The summed E-state index contributed by atoms with van der Waals surface area (Å²) in [5.41, 5.74) is 0.826. The van der Waals surface area contributed by atoms with Crippen molar-refractivity contribution >= 4 is 44.6 Å². The number of thiazole rings is 1. The summed E-state index contributed by atoms with van der Waals surface area (Å²) < 4.78 is 27.0. The molecule has 8 heteroatoms. The zero-order valence-electron chi connectivity index (χ0n) is 10.8. The summed E-state index contributed by atoms with van der Waals surface area (Å²) in [7, 11) is -3.71. The molecule has 0 fully saturated rings. The summed E-state index contributed by atoms with van der Waals surface area (Å²) in [4.78, 5) is 5.11. The van der Waals surface area contributed by atoms with Crippen LogP contribution < -0.4 is 4.72 Å². The number of halogens is 2. The van der Waals surface area contributed by atoms with Crippen molar-refractivity contribution in [2.75, 3.05) is 0 Å². The lowest BCUT2D eigenvalue weighted by molar-refractivity contribution is 0.581. The molecule has 0 saturated carbocycles. The largest absolute Gasteiger partial charge is 0.247 e. The van der Waals surface area contributed by atoms with E-state index in [1.54, 1.807) is 12.1 Å². The molecule has 0 saturated heterocycles. The van der Waals surface area contributed by atoms with Gasteiger partial charge in [0.15, 0.2) is 0 Å². The second-order valence-electron chi connectivity index (χ2n) is 4.12. The van der Waals surface area contributed by atoms with Crippen LogP contribution in [0.5, 0.6) is 0 Å². The highest BCUT2D eigenvalue weighted by atomic mass is 35.5. The van der Waals surface area contributed by atoms with E-state index >= 15 is 0 Å². The Kier molecular flexibility index (Phi) is 4.71. The van der Waals surface area contributed by atoms with Gasteiger partial charge in [-0.05, 0) is 26.0 Å². The van der Waals surface area contributed by atoms with Crippen molar-refractivity contribution in [1.29, 1.82) is 0 Å². The number of hydrogen-bond acceptors (Lipinski definition) is 4. The monoisotopic (exact) mass is 350 g/mol. The molecule has 0 radical (unpaired) electrons. The lowest BCUT2D eigenvalue weighted by Gasteiger charge is -2.08. The lowest BCUT2D eigenvalue weighted by atomic mass is 10.4. The first kappa shape index (κ1) is 15.7. The SMILES string of the molecule is Cc1nc(C)c(CNS(=O)(=O)c2cccc(Cl)c2Cl)s1. The van der Waals surface area contributed by atoms with Crippen LogP contribution in [-0.4, -0.2) is 13.4 Å². The summed E-state index contributed by atoms with van der Waals surface area (Å²) in [5.74, 6) is 0. The van der Waals surface area contributed by atoms with Crippen molar-refractivity contribution in [2.24, 2.45) is 0 Å². The maximum absolute atomic E-state index is 12.2. The van der Waals surface area contributed by atoms with Gasteiger partial charge in [0, 0.05) is 11.4 Å². The van der Waals surface area contributed by atoms with Gasteiger partial charge in [0.1, 0.15) is 4.90 Å². The summed E-state index contributed by atoms with van der Waals surface area (Å²) >= 11 is 13.2. The Morgan fingerprint density at radius 3 is 2.60 bits per heavy atom. The number of benzene rings is 1. The Bertz CT molecular complexity index is 742. The molecular weight excluding hydrogens is 339 g/mol. The van der Waals surface area contributed by atoms with Gasteiger partial charge in [0.05, 0.1) is 20.7 Å². The molecule has 1 heterocycles. The third kappa shape index (κ3) is 3.32. The van der Waals surface area contributed by atoms with E-state index < -0.39 is 10.0 Å². The van der Waals surface area contributed by atoms with Crippen LogP contribution in [0.3, 0.4) is 0 Å². The van der Waals surface area contributed by atoms with Crippen molar-refractivity contribution in [3.63, 3.8) is 0 Å². The van der Waals surface area contributed by atoms with Gasteiger partial charge >= 0.3 is 0 Å². The summed E-state index contributed by atoms with van der Waals surface area (Å²) in [6.07, 6.45) is 0. The van der Waals surface area contributed by atoms with Crippen LogP contribution in [-0.2, 0) is 16.6 Å². The first-order valence-electron chi connectivity index (χ1n) is 5.68. The van der Waals surface area contributed by atoms with Crippen LogP contribution in [0.1, 0.15) is 15.6 Å².